The molecule has 0 fully saturated rings. The fourth-order valence-electron chi connectivity index (χ4n) is 1.35. The zero-order valence-electron chi connectivity index (χ0n) is 7.37. The Morgan fingerprint density at radius 1 is 1.50 bits per heavy atom. The SMILES string of the molecule is Cc1cc2c(N=C=O)ccc(Cl)c2o1. The number of rotatable bonds is 1. The third-order valence-electron chi connectivity index (χ3n) is 1.90. The molecule has 0 spiro atoms. The lowest BCUT2D eigenvalue weighted by Gasteiger charge is -1.94. The van der Waals surface area contributed by atoms with Crippen molar-refractivity contribution in [2.45, 2.75) is 6.92 Å². The molecule has 0 saturated heterocycles. The molecule has 4 heteroatoms. The van der Waals surface area contributed by atoms with Crippen LogP contribution in [0.3, 0.4) is 0 Å². The fraction of sp³-hybridized carbons (Fsp3) is 0.100. The number of hydrogen-bond acceptors (Lipinski definition) is 3. The Morgan fingerprint density at radius 3 is 3.00 bits per heavy atom. The van der Waals surface area contributed by atoms with Crippen molar-refractivity contribution in [1.82, 2.24) is 0 Å². The average molecular weight is 208 g/mol. The lowest BCUT2D eigenvalue weighted by atomic mass is 10.2. The van der Waals surface area contributed by atoms with Crippen LogP contribution in [0.1, 0.15) is 5.76 Å². The first-order chi connectivity index (χ1) is 6.72. The minimum atomic E-state index is 0.512. The molecule has 0 atom stereocenters. The maximum Gasteiger partial charge on any atom is 0.240 e. The van der Waals surface area contributed by atoms with Crippen LogP contribution in [0, 0.1) is 6.92 Å². The summed E-state index contributed by atoms with van der Waals surface area (Å²) in [5.74, 6) is 0.732. The first-order valence-electron chi connectivity index (χ1n) is 3.99. The van der Waals surface area contributed by atoms with E-state index >= 15 is 0 Å². The highest BCUT2D eigenvalue weighted by molar-refractivity contribution is 6.35. The number of aliphatic imine (C=N–C) groups is 1. The lowest BCUT2D eigenvalue weighted by molar-refractivity contribution is 0.565. The van der Waals surface area contributed by atoms with E-state index in [2.05, 4.69) is 4.99 Å². The van der Waals surface area contributed by atoms with E-state index in [0.717, 1.165) is 11.1 Å². The normalized spacial score (nSPS) is 10.1. The van der Waals surface area contributed by atoms with Crippen LogP contribution < -0.4 is 0 Å². The standard InChI is InChI=1S/C10H6ClNO2/c1-6-4-7-9(12-5-13)3-2-8(11)10(7)14-6/h2-4H,1H3. The van der Waals surface area contributed by atoms with Gasteiger partial charge in [-0.3, -0.25) is 0 Å². The summed E-state index contributed by atoms with van der Waals surface area (Å²) in [6, 6.07) is 5.09. The number of carbonyl (C=O) groups excluding carboxylic acids is 1. The molecule has 14 heavy (non-hydrogen) atoms. The first kappa shape index (κ1) is 9.00. The molecular formula is C10H6ClNO2. The lowest BCUT2D eigenvalue weighted by Crippen LogP contribution is -1.69. The molecular weight excluding hydrogens is 202 g/mol. The Bertz CT molecular complexity index is 538. The number of fused-ring (bicyclic) bond motifs is 1. The van der Waals surface area contributed by atoms with E-state index in [9.17, 15) is 4.79 Å². The van der Waals surface area contributed by atoms with Crippen LogP contribution in [0.2, 0.25) is 5.02 Å². The van der Waals surface area contributed by atoms with Gasteiger partial charge < -0.3 is 4.42 Å². The number of benzene rings is 1. The summed E-state index contributed by atoms with van der Waals surface area (Å²) in [7, 11) is 0. The Kier molecular flexibility index (Phi) is 2.12. The largest absolute Gasteiger partial charge is 0.460 e. The maximum atomic E-state index is 10.2. The van der Waals surface area contributed by atoms with E-state index in [-0.39, 0.29) is 0 Å². The Hall–Kier alpha value is -1.57. The molecule has 2 aromatic rings. The molecule has 0 N–H and O–H groups in total. The number of hydrogen-bond donors (Lipinski definition) is 0. The van der Waals surface area contributed by atoms with E-state index in [1.54, 1.807) is 18.2 Å². The predicted molar refractivity (Wildman–Crippen MR) is 53.7 cm³/mol. The van der Waals surface area contributed by atoms with E-state index in [1.807, 2.05) is 6.92 Å². The van der Waals surface area contributed by atoms with E-state index in [0.29, 0.717) is 16.3 Å². The minimum Gasteiger partial charge on any atom is -0.460 e. The van der Waals surface area contributed by atoms with Gasteiger partial charge in [0, 0.05) is 5.39 Å². The van der Waals surface area contributed by atoms with Crippen molar-refractivity contribution in [3.63, 3.8) is 0 Å². The zero-order chi connectivity index (χ0) is 10.1. The molecule has 1 aromatic heterocycles. The van der Waals surface area contributed by atoms with Crippen LogP contribution in [-0.4, -0.2) is 6.08 Å². The molecule has 70 valence electrons. The van der Waals surface area contributed by atoms with Crippen molar-refractivity contribution in [3.8, 4) is 0 Å². The summed E-state index contributed by atoms with van der Waals surface area (Å²) in [5, 5.41) is 1.25. The molecule has 0 aliphatic carbocycles. The third-order valence-corrected chi connectivity index (χ3v) is 2.20. The zero-order valence-corrected chi connectivity index (χ0v) is 8.13. The number of aryl methyl sites for hydroxylation is 1. The predicted octanol–water partition coefficient (Wildman–Crippen LogP) is 3.36. The van der Waals surface area contributed by atoms with Crippen LogP contribution in [0.25, 0.3) is 11.0 Å². The highest BCUT2D eigenvalue weighted by Gasteiger charge is 2.08. The highest BCUT2D eigenvalue weighted by Crippen LogP contribution is 2.33. The first-order valence-corrected chi connectivity index (χ1v) is 4.36. The minimum absolute atomic E-state index is 0.512. The molecule has 3 nitrogen and oxygen atoms in total. The third kappa shape index (κ3) is 1.33. The van der Waals surface area contributed by atoms with Crippen LogP contribution in [0.5, 0.6) is 0 Å². The molecule has 1 heterocycles. The summed E-state index contributed by atoms with van der Waals surface area (Å²) in [6.45, 7) is 1.81. The summed E-state index contributed by atoms with van der Waals surface area (Å²) >= 11 is 5.91. The number of halogens is 1. The van der Waals surface area contributed by atoms with Crippen molar-refractivity contribution >= 4 is 34.3 Å². The number of furan rings is 1. The topological polar surface area (TPSA) is 42.6 Å². The second kappa shape index (κ2) is 3.29. The average Bonchev–Trinajstić information content (AvgIpc) is 2.53. The second-order valence-corrected chi connectivity index (χ2v) is 3.28. The molecule has 0 aliphatic heterocycles. The molecule has 1 aromatic carbocycles. The number of isocyanates is 1. The van der Waals surface area contributed by atoms with Crippen molar-refractivity contribution in [3.05, 3.63) is 29.0 Å². The van der Waals surface area contributed by atoms with Gasteiger partial charge in [0.1, 0.15) is 5.76 Å². The second-order valence-electron chi connectivity index (χ2n) is 2.87. The molecule has 0 unspecified atom stereocenters. The van der Waals surface area contributed by atoms with Crippen molar-refractivity contribution < 1.29 is 9.21 Å². The van der Waals surface area contributed by atoms with Gasteiger partial charge in [-0.05, 0) is 25.1 Å². The monoisotopic (exact) mass is 207 g/mol. The molecule has 0 amide bonds. The van der Waals surface area contributed by atoms with Gasteiger partial charge in [0.05, 0.1) is 10.7 Å². The van der Waals surface area contributed by atoms with Gasteiger partial charge in [-0.1, -0.05) is 11.6 Å². The van der Waals surface area contributed by atoms with Gasteiger partial charge in [0.15, 0.2) is 5.58 Å². The van der Waals surface area contributed by atoms with Crippen LogP contribution >= 0.6 is 11.6 Å². The van der Waals surface area contributed by atoms with E-state index < -0.39 is 0 Å². The summed E-state index contributed by atoms with van der Waals surface area (Å²) in [6.07, 6.45) is 1.50. The van der Waals surface area contributed by atoms with Crippen molar-refractivity contribution in [1.29, 1.82) is 0 Å². The van der Waals surface area contributed by atoms with E-state index in [4.69, 9.17) is 16.0 Å². The molecule has 0 bridgehead atoms. The van der Waals surface area contributed by atoms with Crippen molar-refractivity contribution in [2.24, 2.45) is 4.99 Å². The highest BCUT2D eigenvalue weighted by atomic mass is 35.5. The van der Waals surface area contributed by atoms with Gasteiger partial charge in [-0.15, -0.1) is 0 Å². The van der Waals surface area contributed by atoms with Gasteiger partial charge in [-0.25, -0.2) is 4.79 Å². The fourth-order valence-corrected chi connectivity index (χ4v) is 1.55. The van der Waals surface area contributed by atoms with Crippen LogP contribution in [0.15, 0.2) is 27.6 Å². The number of nitrogens with zero attached hydrogens (tertiary/aromatic N) is 1. The quantitative estimate of drug-likeness (QED) is 0.532. The molecule has 0 radical (unpaired) electrons. The summed E-state index contributed by atoms with van der Waals surface area (Å²) < 4.78 is 5.36. The molecule has 2 rings (SSSR count). The molecule has 0 aliphatic rings. The Labute approximate surface area is 85.0 Å². The summed E-state index contributed by atoms with van der Waals surface area (Å²) in [4.78, 5) is 13.7. The maximum absolute atomic E-state index is 10.2. The van der Waals surface area contributed by atoms with Gasteiger partial charge >= 0.3 is 0 Å². The van der Waals surface area contributed by atoms with Gasteiger partial charge in [-0.2, -0.15) is 4.99 Å². The summed E-state index contributed by atoms with van der Waals surface area (Å²) in [5.41, 5.74) is 1.08. The molecule has 0 saturated carbocycles. The van der Waals surface area contributed by atoms with E-state index in [1.165, 1.54) is 6.08 Å². The van der Waals surface area contributed by atoms with Gasteiger partial charge in [0.2, 0.25) is 6.08 Å². The Morgan fingerprint density at radius 2 is 2.29 bits per heavy atom. The van der Waals surface area contributed by atoms with Crippen LogP contribution in [-0.2, 0) is 4.79 Å². The smallest absolute Gasteiger partial charge is 0.240 e. The van der Waals surface area contributed by atoms with Crippen LogP contribution in [0.4, 0.5) is 5.69 Å². The van der Waals surface area contributed by atoms with Crippen molar-refractivity contribution in [2.75, 3.05) is 0 Å². The van der Waals surface area contributed by atoms with Gasteiger partial charge in [0.25, 0.3) is 0 Å². The Balaban J connectivity index is 2.87.